The Balaban J connectivity index is 1.70. The molecule has 1 N–H and O–H groups in total. The van der Waals surface area contributed by atoms with Crippen molar-refractivity contribution in [2.75, 3.05) is 11.4 Å². The molecule has 1 aliphatic heterocycles. The first-order chi connectivity index (χ1) is 11.5. The lowest BCUT2D eigenvalue weighted by Gasteiger charge is -2.17. The van der Waals surface area contributed by atoms with Gasteiger partial charge in [-0.2, -0.15) is 0 Å². The van der Waals surface area contributed by atoms with E-state index >= 15 is 0 Å². The second-order valence-corrected chi connectivity index (χ2v) is 5.77. The van der Waals surface area contributed by atoms with Crippen LogP contribution in [-0.2, 0) is 4.79 Å². The number of hydrogen-bond donors (Lipinski definition) is 1. The highest BCUT2D eigenvalue weighted by Crippen LogP contribution is 2.22. The largest absolute Gasteiger partial charge is 0.340 e. The van der Waals surface area contributed by atoms with Crippen molar-refractivity contribution in [3.8, 4) is 0 Å². The van der Waals surface area contributed by atoms with Crippen LogP contribution >= 0.6 is 0 Å². The Hall–Kier alpha value is -2.76. The van der Waals surface area contributed by atoms with Crippen LogP contribution in [0.5, 0.6) is 0 Å². The molecular formula is C18H16F2N2O2. The van der Waals surface area contributed by atoms with Gasteiger partial charge in [0.05, 0.1) is 0 Å². The SMILES string of the molecule is Cc1ccc(N2CC[C@@H](NC(=O)c3ccc(F)c(F)c3)C2=O)cc1. The summed E-state index contributed by atoms with van der Waals surface area (Å²) in [5.41, 5.74) is 1.85. The van der Waals surface area contributed by atoms with E-state index in [0.29, 0.717) is 13.0 Å². The standard InChI is InChI=1S/C18H16F2N2O2/c1-11-2-5-13(6-3-11)22-9-8-16(18(22)24)21-17(23)12-4-7-14(19)15(20)10-12/h2-7,10,16H,8-9H2,1H3,(H,21,23)/t16-/m1/s1. The van der Waals surface area contributed by atoms with Crippen LogP contribution in [0.25, 0.3) is 0 Å². The maximum absolute atomic E-state index is 13.2. The van der Waals surface area contributed by atoms with Gasteiger partial charge in [-0.1, -0.05) is 17.7 Å². The quantitative estimate of drug-likeness (QED) is 0.941. The molecule has 1 heterocycles. The number of amides is 2. The molecule has 0 spiro atoms. The number of carbonyl (C=O) groups is 2. The fourth-order valence-electron chi connectivity index (χ4n) is 2.67. The van der Waals surface area contributed by atoms with Crippen LogP contribution in [-0.4, -0.2) is 24.4 Å². The molecule has 3 rings (SSSR count). The molecule has 1 saturated heterocycles. The molecule has 1 aliphatic rings. The van der Waals surface area contributed by atoms with Crippen molar-refractivity contribution >= 4 is 17.5 Å². The smallest absolute Gasteiger partial charge is 0.252 e. The Morgan fingerprint density at radius 1 is 1.12 bits per heavy atom. The van der Waals surface area contributed by atoms with E-state index < -0.39 is 23.6 Å². The summed E-state index contributed by atoms with van der Waals surface area (Å²) in [6.45, 7) is 2.45. The van der Waals surface area contributed by atoms with Crippen LogP contribution < -0.4 is 10.2 Å². The van der Waals surface area contributed by atoms with E-state index in [-0.39, 0.29) is 11.5 Å². The minimum Gasteiger partial charge on any atom is -0.340 e. The Kier molecular flexibility index (Phi) is 4.29. The molecule has 0 aliphatic carbocycles. The maximum atomic E-state index is 13.2. The lowest BCUT2D eigenvalue weighted by atomic mass is 10.1. The van der Waals surface area contributed by atoms with E-state index in [1.807, 2.05) is 31.2 Å². The number of hydrogen-bond acceptors (Lipinski definition) is 2. The summed E-state index contributed by atoms with van der Waals surface area (Å²) in [4.78, 5) is 26.2. The molecule has 124 valence electrons. The zero-order chi connectivity index (χ0) is 17.3. The minimum atomic E-state index is -1.10. The number of carbonyl (C=O) groups excluding carboxylic acids is 2. The predicted octanol–water partition coefficient (Wildman–Crippen LogP) is 2.81. The topological polar surface area (TPSA) is 49.4 Å². The average Bonchev–Trinajstić information content (AvgIpc) is 2.92. The molecule has 0 bridgehead atoms. The van der Waals surface area contributed by atoms with Crippen molar-refractivity contribution in [2.45, 2.75) is 19.4 Å². The number of nitrogens with zero attached hydrogens (tertiary/aromatic N) is 1. The molecule has 0 unspecified atom stereocenters. The fourth-order valence-corrected chi connectivity index (χ4v) is 2.67. The monoisotopic (exact) mass is 330 g/mol. The van der Waals surface area contributed by atoms with Crippen LogP contribution in [0.2, 0.25) is 0 Å². The van der Waals surface area contributed by atoms with Gasteiger partial charge < -0.3 is 10.2 Å². The van der Waals surface area contributed by atoms with Gasteiger partial charge >= 0.3 is 0 Å². The van der Waals surface area contributed by atoms with Crippen LogP contribution in [0.1, 0.15) is 22.3 Å². The van der Waals surface area contributed by atoms with E-state index in [9.17, 15) is 18.4 Å². The van der Waals surface area contributed by atoms with Gasteiger partial charge in [0.2, 0.25) is 5.91 Å². The summed E-state index contributed by atoms with van der Waals surface area (Å²) >= 11 is 0. The number of benzene rings is 2. The molecule has 2 aromatic rings. The highest BCUT2D eigenvalue weighted by molar-refractivity contribution is 6.03. The van der Waals surface area contributed by atoms with Crippen molar-refractivity contribution in [3.05, 3.63) is 65.2 Å². The summed E-state index contributed by atoms with van der Waals surface area (Å²) in [6, 6.07) is 9.75. The molecule has 24 heavy (non-hydrogen) atoms. The maximum Gasteiger partial charge on any atom is 0.252 e. The molecule has 4 nitrogen and oxygen atoms in total. The van der Waals surface area contributed by atoms with Gasteiger partial charge in [0, 0.05) is 17.8 Å². The Bertz CT molecular complexity index is 790. The minimum absolute atomic E-state index is 0.0181. The Morgan fingerprint density at radius 3 is 2.50 bits per heavy atom. The van der Waals surface area contributed by atoms with Crippen molar-refractivity contribution in [1.82, 2.24) is 5.32 Å². The lowest BCUT2D eigenvalue weighted by Crippen LogP contribution is -2.41. The number of nitrogens with one attached hydrogen (secondary N) is 1. The second-order valence-electron chi connectivity index (χ2n) is 5.77. The van der Waals surface area contributed by atoms with Gasteiger partial charge in [0.25, 0.3) is 5.91 Å². The Morgan fingerprint density at radius 2 is 1.83 bits per heavy atom. The third kappa shape index (κ3) is 3.13. The Labute approximate surface area is 138 Å². The van der Waals surface area contributed by atoms with Gasteiger partial charge in [-0.25, -0.2) is 8.78 Å². The van der Waals surface area contributed by atoms with Crippen molar-refractivity contribution < 1.29 is 18.4 Å². The summed E-state index contributed by atoms with van der Waals surface area (Å²) < 4.78 is 26.1. The first-order valence-corrected chi connectivity index (χ1v) is 7.59. The van der Waals surface area contributed by atoms with Crippen LogP contribution in [0, 0.1) is 18.6 Å². The van der Waals surface area contributed by atoms with Crippen molar-refractivity contribution in [1.29, 1.82) is 0 Å². The van der Waals surface area contributed by atoms with Crippen molar-refractivity contribution in [2.24, 2.45) is 0 Å². The van der Waals surface area contributed by atoms with Crippen LogP contribution in [0.4, 0.5) is 14.5 Å². The number of rotatable bonds is 3. The van der Waals surface area contributed by atoms with Crippen LogP contribution in [0.3, 0.4) is 0 Å². The first-order valence-electron chi connectivity index (χ1n) is 7.59. The van der Waals surface area contributed by atoms with E-state index in [0.717, 1.165) is 23.4 Å². The van der Waals surface area contributed by atoms with Gasteiger partial charge in [-0.15, -0.1) is 0 Å². The normalized spacial score (nSPS) is 17.2. The molecule has 6 heteroatoms. The first kappa shape index (κ1) is 16.1. The predicted molar refractivity (Wildman–Crippen MR) is 85.8 cm³/mol. The van der Waals surface area contributed by atoms with E-state index in [1.165, 1.54) is 6.07 Å². The van der Waals surface area contributed by atoms with E-state index in [4.69, 9.17) is 0 Å². The highest BCUT2D eigenvalue weighted by Gasteiger charge is 2.33. The third-order valence-corrected chi connectivity index (χ3v) is 4.04. The van der Waals surface area contributed by atoms with Gasteiger partial charge in [0.15, 0.2) is 11.6 Å². The fraction of sp³-hybridized carbons (Fsp3) is 0.222. The second kappa shape index (κ2) is 6.39. The number of halogens is 2. The summed E-state index contributed by atoms with van der Waals surface area (Å²) in [5, 5.41) is 2.58. The van der Waals surface area contributed by atoms with Gasteiger partial charge in [-0.05, 0) is 43.7 Å². The zero-order valence-electron chi connectivity index (χ0n) is 13.1. The van der Waals surface area contributed by atoms with Gasteiger partial charge in [-0.3, -0.25) is 9.59 Å². The molecule has 1 fully saturated rings. The third-order valence-electron chi connectivity index (χ3n) is 4.04. The zero-order valence-corrected chi connectivity index (χ0v) is 13.1. The van der Waals surface area contributed by atoms with Gasteiger partial charge in [0.1, 0.15) is 6.04 Å². The summed E-state index contributed by atoms with van der Waals surface area (Å²) in [5.74, 6) is -2.93. The molecule has 0 aromatic heterocycles. The molecule has 2 amide bonds. The molecule has 2 aromatic carbocycles. The molecule has 0 saturated carbocycles. The van der Waals surface area contributed by atoms with Crippen LogP contribution in [0.15, 0.2) is 42.5 Å². The van der Waals surface area contributed by atoms with E-state index in [2.05, 4.69) is 5.32 Å². The molecular weight excluding hydrogens is 314 g/mol. The highest BCUT2D eigenvalue weighted by atomic mass is 19.2. The summed E-state index contributed by atoms with van der Waals surface area (Å²) in [7, 11) is 0. The summed E-state index contributed by atoms with van der Waals surface area (Å²) in [6.07, 6.45) is 0.460. The molecule has 1 atom stereocenters. The lowest BCUT2D eigenvalue weighted by molar-refractivity contribution is -0.118. The van der Waals surface area contributed by atoms with Crippen molar-refractivity contribution in [3.63, 3.8) is 0 Å². The molecule has 0 radical (unpaired) electrons. The number of anilines is 1. The van der Waals surface area contributed by atoms with E-state index in [1.54, 1.807) is 4.90 Å². The average molecular weight is 330 g/mol. The number of aryl methyl sites for hydroxylation is 1.